The number of aromatic nitrogens is 1. The predicted octanol–water partition coefficient (Wildman–Crippen LogP) is 13.8. The lowest BCUT2D eigenvalue weighted by molar-refractivity contribution is 0.434. The van der Waals surface area contributed by atoms with Gasteiger partial charge in [0.2, 0.25) is 0 Å². The summed E-state index contributed by atoms with van der Waals surface area (Å²) in [5.74, 6) is -0.550. The molecule has 2 nitrogen and oxygen atoms in total. The van der Waals surface area contributed by atoms with Crippen LogP contribution in [0.1, 0.15) is 37.3 Å². The molecule has 1 aromatic heterocycles. The van der Waals surface area contributed by atoms with E-state index in [1.165, 1.54) is 0 Å². The molecule has 1 aliphatic heterocycles. The van der Waals surface area contributed by atoms with Crippen molar-refractivity contribution < 1.29 is 19.8 Å². The first-order chi connectivity index (χ1) is 31.9. The Balaban J connectivity index is 1.23. The van der Waals surface area contributed by atoms with Crippen LogP contribution >= 0.6 is 0 Å². The van der Waals surface area contributed by atoms with Crippen LogP contribution in [-0.2, 0) is 5.41 Å². The summed E-state index contributed by atoms with van der Waals surface area (Å²) in [7, 11) is 0. The van der Waals surface area contributed by atoms with Gasteiger partial charge in [0.05, 0.1) is 31.5 Å². The van der Waals surface area contributed by atoms with Crippen LogP contribution in [-0.4, -0.2) is 4.57 Å². The maximum Gasteiger partial charge on any atom is 0.132 e. The Bertz CT molecular complexity index is 3620. The highest BCUT2D eigenvalue weighted by molar-refractivity contribution is 6.22. The van der Waals surface area contributed by atoms with Gasteiger partial charge >= 0.3 is 0 Å². The van der Waals surface area contributed by atoms with Gasteiger partial charge in [-0.2, -0.15) is 0 Å². The Morgan fingerprint density at radius 3 is 1.87 bits per heavy atom. The summed E-state index contributed by atoms with van der Waals surface area (Å²) in [4.78, 5) is 0. The summed E-state index contributed by atoms with van der Waals surface area (Å²) < 4.78 is 112. The summed E-state index contributed by atoms with van der Waals surface area (Å²) >= 11 is 0. The van der Waals surface area contributed by atoms with Crippen LogP contribution in [0.3, 0.4) is 0 Å². The number of hydrogen-bond donors (Lipinski definition) is 0. The standard InChI is InChI=1S/C53H35NO/c1-4-16-40(17-5-1)53(41-18-6-2-7-19-41)46-24-12-13-26-49(46)55-50-34-32-39(35-47(50)53)36-27-29-38(30-28-36)43-23-14-25-48-51(43)45-33-31-37-15-10-11-22-44(37)52(45)54(48)42-20-8-3-9-21-42/h1-35H/i12D,13D,24D,26D,27D,28D,29D,30D,32D,34D,35D. The van der Waals surface area contributed by atoms with Crippen LogP contribution in [0, 0.1) is 0 Å². The van der Waals surface area contributed by atoms with Crippen molar-refractivity contribution in [1.29, 1.82) is 0 Å². The first-order valence-electron chi connectivity index (χ1n) is 23.5. The molecule has 11 rings (SSSR count). The quantitative estimate of drug-likeness (QED) is 0.173. The zero-order valence-electron chi connectivity index (χ0n) is 40.2. The van der Waals surface area contributed by atoms with E-state index in [1.54, 1.807) is 66.7 Å². The lowest BCUT2D eigenvalue weighted by Crippen LogP contribution is -2.34. The van der Waals surface area contributed by atoms with Gasteiger partial charge in [0.15, 0.2) is 0 Å². The van der Waals surface area contributed by atoms with Gasteiger partial charge in [-0.15, -0.1) is 0 Å². The summed E-state index contributed by atoms with van der Waals surface area (Å²) in [5.41, 5.74) is 1.49. The van der Waals surface area contributed by atoms with Gasteiger partial charge in [-0.05, 0) is 75.1 Å². The molecule has 0 spiro atoms. The molecule has 0 amide bonds. The van der Waals surface area contributed by atoms with Gasteiger partial charge in [0.1, 0.15) is 11.5 Å². The Labute approximate surface area is 335 Å². The van der Waals surface area contributed by atoms with E-state index in [-0.39, 0.29) is 39.3 Å². The minimum Gasteiger partial charge on any atom is -0.457 e. The number of fused-ring (bicyclic) bond motifs is 7. The van der Waals surface area contributed by atoms with Crippen molar-refractivity contribution in [2.24, 2.45) is 0 Å². The zero-order chi connectivity index (χ0) is 45.9. The van der Waals surface area contributed by atoms with Crippen molar-refractivity contribution in [1.82, 2.24) is 4.57 Å². The summed E-state index contributed by atoms with van der Waals surface area (Å²) in [6.07, 6.45) is 0. The third-order valence-corrected chi connectivity index (χ3v) is 10.6. The Hall–Kier alpha value is -7.16. The van der Waals surface area contributed by atoms with Gasteiger partial charge in [-0.3, -0.25) is 0 Å². The van der Waals surface area contributed by atoms with Crippen LogP contribution in [0.25, 0.3) is 60.5 Å². The largest absolute Gasteiger partial charge is 0.457 e. The molecule has 9 aromatic carbocycles. The van der Waals surface area contributed by atoms with Crippen LogP contribution in [0.15, 0.2) is 212 Å². The number of ether oxygens (including phenoxy) is 1. The van der Waals surface area contributed by atoms with E-state index in [1.807, 2.05) is 72.8 Å². The molecule has 0 fully saturated rings. The average molecular weight is 713 g/mol. The van der Waals surface area contributed by atoms with E-state index in [0.717, 1.165) is 38.3 Å². The third kappa shape index (κ3) is 4.75. The lowest BCUT2D eigenvalue weighted by atomic mass is 9.63. The molecule has 0 radical (unpaired) electrons. The van der Waals surface area contributed by atoms with E-state index in [9.17, 15) is 11.0 Å². The van der Waals surface area contributed by atoms with Gasteiger partial charge in [-0.25, -0.2) is 0 Å². The highest BCUT2D eigenvalue weighted by Gasteiger charge is 2.45. The number of rotatable bonds is 5. The maximum atomic E-state index is 10.1. The normalized spacial score (nSPS) is 15.8. The van der Waals surface area contributed by atoms with E-state index in [4.69, 9.17) is 8.85 Å². The molecule has 1 aliphatic rings. The number of hydrogen-bond acceptors (Lipinski definition) is 1. The van der Waals surface area contributed by atoms with Crippen molar-refractivity contribution in [3.05, 3.63) is 234 Å². The molecule has 258 valence electrons. The van der Waals surface area contributed by atoms with Crippen LogP contribution in [0.2, 0.25) is 0 Å². The van der Waals surface area contributed by atoms with Crippen molar-refractivity contribution in [2.75, 3.05) is 0 Å². The van der Waals surface area contributed by atoms with Gasteiger partial charge in [0, 0.05) is 33.0 Å². The average Bonchev–Trinajstić information content (AvgIpc) is 3.70. The molecule has 0 unspecified atom stereocenters. The molecular weight excluding hydrogens is 667 g/mol. The molecule has 10 aromatic rings. The highest BCUT2D eigenvalue weighted by Crippen LogP contribution is 2.56. The highest BCUT2D eigenvalue weighted by atomic mass is 16.5. The SMILES string of the molecule is [2H]c1c([2H])c([2H])c2c(c1[2H])Oc1c([2H])c([2H])c(-c3c([2H])c([2H])c(-c4cccc5c4c4ccc6ccccc6c4n5-c4ccccc4)c([2H])c3[2H])c([2H])c1C2(c1ccccc1)c1ccccc1. The second-order valence-corrected chi connectivity index (χ2v) is 13.5. The smallest absolute Gasteiger partial charge is 0.132 e. The number of nitrogens with zero attached hydrogens (tertiary/aromatic N) is 1. The van der Waals surface area contributed by atoms with Gasteiger partial charge in [-0.1, -0.05) is 176 Å². The Kier molecular flexibility index (Phi) is 5.02. The van der Waals surface area contributed by atoms with Crippen molar-refractivity contribution >= 4 is 32.6 Å². The molecule has 0 N–H and O–H groups in total. The Morgan fingerprint density at radius 1 is 0.473 bits per heavy atom. The summed E-state index contributed by atoms with van der Waals surface area (Å²) in [6.45, 7) is 0. The van der Waals surface area contributed by atoms with Gasteiger partial charge < -0.3 is 9.30 Å². The molecule has 2 heteroatoms. The van der Waals surface area contributed by atoms with E-state index < -0.39 is 71.9 Å². The molecule has 0 saturated carbocycles. The molecule has 2 heterocycles. The fraction of sp³-hybridized carbons (Fsp3) is 0.0189. The first kappa shape index (κ1) is 22.1. The van der Waals surface area contributed by atoms with E-state index in [0.29, 0.717) is 16.7 Å². The third-order valence-electron chi connectivity index (χ3n) is 10.6. The maximum absolute atomic E-state index is 10.1. The van der Waals surface area contributed by atoms with Crippen LogP contribution < -0.4 is 4.74 Å². The zero-order valence-corrected chi connectivity index (χ0v) is 29.2. The lowest BCUT2D eigenvalue weighted by Gasteiger charge is -2.41. The Morgan fingerprint density at radius 2 is 1.11 bits per heavy atom. The van der Waals surface area contributed by atoms with Gasteiger partial charge in [0.25, 0.3) is 0 Å². The number of para-hydroxylation sites is 2. The molecule has 55 heavy (non-hydrogen) atoms. The predicted molar refractivity (Wildman–Crippen MR) is 228 cm³/mol. The topological polar surface area (TPSA) is 14.2 Å². The molecular formula is C53H35NO. The summed E-state index contributed by atoms with van der Waals surface area (Å²) in [5, 5.41) is 3.57. The van der Waals surface area contributed by atoms with Crippen molar-refractivity contribution in [3.8, 4) is 39.4 Å². The van der Waals surface area contributed by atoms with E-state index >= 15 is 0 Å². The molecule has 0 atom stereocenters. The minimum atomic E-state index is -1.76. The number of benzene rings is 9. The van der Waals surface area contributed by atoms with E-state index in [2.05, 4.69) is 10.6 Å². The molecule has 0 bridgehead atoms. The monoisotopic (exact) mass is 712 g/mol. The minimum absolute atomic E-state index is 0.0135. The molecule has 0 saturated heterocycles. The molecule has 0 aliphatic carbocycles. The van der Waals surface area contributed by atoms with Crippen LogP contribution in [0.4, 0.5) is 0 Å². The first-order valence-corrected chi connectivity index (χ1v) is 18.0. The second-order valence-electron chi connectivity index (χ2n) is 13.5. The summed E-state index contributed by atoms with van der Waals surface area (Å²) in [6, 6.07) is 39.7. The van der Waals surface area contributed by atoms with Crippen molar-refractivity contribution in [2.45, 2.75) is 5.41 Å². The van der Waals surface area contributed by atoms with Crippen LogP contribution in [0.5, 0.6) is 11.5 Å². The fourth-order valence-corrected chi connectivity index (χ4v) is 8.30. The van der Waals surface area contributed by atoms with Crippen molar-refractivity contribution in [3.63, 3.8) is 0 Å². The second kappa shape index (κ2) is 12.5. The fourth-order valence-electron chi connectivity index (χ4n) is 8.30.